The molecule has 0 atom stereocenters. The van der Waals surface area contributed by atoms with E-state index in [2.05, 4.69) is 5.32 Å². The number of hydrogen-bond acceptors (Lipinski definition) is 4. The maximum atomic E-state index is 12.4. The van der Waals surface area contributed by atoms with E-state index in [4.69, 9.17) is 9.47 Å². The van der Waals surface area contributed by atoms with Gasteiger partial charge in [0.05, 0.1) is 19.4 Å². The van der Waals surface area contributed by atoms with Gasteiger partial charge >= 0.3 is 0 Å². The average Bonchev–Trinajstić information content (AvgIpc) is 2.56. The molecular weight excluding hydrogens is 294 g/mol. The molecule has 1 N–H and O–H groups in total. The van der Waals surface area contributed by atoms with Crippen LogP contribution in [-0.2, 0) is 0 Å². The van der Waals surface area contributed by atoms with Crippen LogP contribution in [0.25, 0.3) is 0 Å². The van der Waals surface area contributed by atoms with Crippen LogP contribution in [0.2, 0.25) is 0 Å². The highest BCUT2D eigenvalue weighted by atomic mass is 16.5. The van der Waals surface area contributed by atoms with E-state index < -0.39 is 0 Å². The number of carbonyl (C=O) groups excluding carboxylic acids is 2. The van der Waals surface area contributed by atoms with Crippen LogP contribution < -0.4 is 14.8 Å². The number of benzene rings is 2. The Morgan fingerprint density at radius 3 is 2.26 bits per heavy atom. The van der Waals surface area contributed by atoms with Crippen molar-refractivity contribution in [3.8, 4) is 11.5 Å². The Balaban J connectivity index is 2.27. The van der Waals surface area contributed by atoms with E-state index in [9.17, 15) is 9.59 Å². The Bertz CT molecular complexity index is 707. The molecule has 2 rings (SSSR count). The molecular formula is C18H19NO4. The van der Waals surface area contributed by atoms with Crippen molar-refractivity contribution in [3.63, 3.8) is 0 Å². The van der Waals surface area contributed by atoms with E-state index in [-0.39, 0.29) is 11.7 Å². The first-order chi connectivity index (χ1) is 11.0. The highest BCUT2D eigenvalue weighted by Crippen LogP contribution is 2.27. The third-order valence-electron chi connectivity index (χ3n) is 3.29. The number of ether oxygens (including phenoxy) is 2. The molecule has 0 aliphatic carbocycles. The standard InChI is InChI=1S/C18H19NO4/c1-4-23-17-10-7-14(12(2)20)11-16(17)19-18(21)13-5-8-15(22-3)9-6-13/h5-11H,4H2,1-3H3,(H,19,21). The number of nitrogens with one attached hydrogen (secondary N) is 1. The minimum absolute atomic E-state index is 0.0759. The van der Waals surface area contributed by atoms with Gasteiger partial charge in [-0.05, 0) is 56.3 Å². The minimum atomic E-state index is -0.283. The summed E-state index contributed by atoms with van der Waals surface area (Å²) >= 11 is 0. The molecule has 0 heterocycles. The topological polar surface area (TPSA) is 64.6 Å². The summed E-state index contributed by atoms with van der Waals surface area (Å²) in [7, 11) is 1.57. The van der Waals surface area contributed by atoms with Crippen molar-refractivity contribution in [2.45, 2.75) is 13.8 Å². The number of rotatable bonds is 6. The van der Waals surface area contributed by atoms with E-state index in [0.717, 1.165) is 0 Å². The van der Waals surface area contributed by atoms with Gasteiger partial charge in [0.15, 0.2) is 5.78 Å². The molecule has 0 fully saturated rings. The lowest BCUT2D eigenvalue weighted by Gasteiger charge is -2.13. The number of carbonyl (C=O) groups is 2. The molecule has 0 aromatic heterocycles. The molecule has 0 unspecified atom stereocenters. The van der Waals surface area contributed by atoms with Crippen LogP contribution in [0.15, 0.2) is 42.5 Å². The molecule has 0 spiro atoms. The predicted molar refractivity (Wildman–Crippen MR) is 88.6 cm³/mol. The number of ketones is 1. The maximum Gasteiger partial charge on any atom is 0.255 e. The van der Waals surface area contributed by atoms with Gasteiger partial charge in [0.2, 0.25) is 0 Å². The zero-order valence-electron chi connectivity index (χ0n) is 13.4. The van der Waals surface area contributed by atoms with Gasteiger partial charge in [-0.3, -0.25) is 9.59 Å². The van der Waals surface area contributed by atoms with Gasteiger partial charge in [-0.25, -0.2) is 0 Å². The van der Waals surface area contributed by atoms with E-state index in [1.54, 1.807) is 49.6 Å². The summed E-state index contributed by atoms with van der Waals surface area (Å²) in [4.78, 5) is 23.9. The van der Waals surface area contributed by atoms with Gasteiger partial charge in [-0.15, -0.1) is 0 Å². The fourth-order valence-corrected chi connectivity index (χ4v) is 2.06. The van der Waals surface area contributed by atoms with Crippen molar-refractivity contribution in [3.05, 3.63) is 53.6 Å². The van der Waals surface area contributed by atoms with Gasteiger partial charge in [0, 0.05) is 11.1 Å². The van der Waals surface area contributed by atoms with Crippen LogP contribution in [0.5, 0.6) is 11.5 Å². The largest absolute Gasteiger partial charge is 0.497 e. The van der Waals surface area contributed by atoms with Crippen molar-refractivity contribution >= 4 is 17.4 Å². The molecule has 0 saturated heterocycles. The van der Waals surface area contributed by atoms with E-state index in [0.29, 0.717) is 34.9 Å². The smallest absolute Gasteiger partial charge is 0.255 e. The van der Waals surface area contributed by atoms with Crippen molar-refractivity contribution in [1.29, 1.82) is 0 Å². The molecule has 0 aliphatic heterocycles. The fourth-order valence-electron chi connectivity index (χ4n) is 2.06. The first-order valence-electron chi connectivity index (χ1n) is 7.28. The molecule has 0 bridgehead atoms. The summed E-state index contributed by atoms with van der Waals surface area (Å²) in [5.41, 5.74) is 1.47. The number of amides is 1. The highest BCUT2D eigenvalue weighted by molar-refractivity contribution is 6.06. The second kappa shape index (κ2) is 7.45. The van der Waals surface area contributed by atoms with Crippen LogP contribution >= 0.6 is 0 Å². The van der Waals surface area contributed by atoms with Gasteiger partial charge in [0.25, 0.3) is 5.91 Å². The first-order valence-corrected chi connectivity index (χ1v) is 7.28. The van der Waals surface area contributed by atoms with Crippen LogP contribution in [0.1, 0.15) is 34.6 Å². The molecule has 5 nitrogen and oxygen atoms in total. The van der Waals surface area contributed by atoms with Gasteiger partial charge < -0.3 is 14.8 Å². The van der Waals surface area contributed by atoms with Gasteiger partial charge in [-0.2, -0.15) is 0 Å². The molecule has 1 amide bonds. The van der Waals surface area contributed by atoms with Crippen molar-refractivity contribution in [2.24, 2.45) is 0 Å². The Labute approximate surface area is 135 Å². The minimum Gasteiger partial charge on any atom is -0.497 e. The molecule has 120 valence electrons. The SMILES string of the molecule is CCOc1ccc(C(C)=O)cc1NC(=O)c1ccc(OC)cc1. The normalized spacial score (nSPS) is 10.0. The number of hydrogen-bond donors (Lipinski definition) is 1. The summed E-state index contributed by atoms with van der Waals surface area (Å²) in [6.07, 6.45) is 0. The molecule has 0 aliphatic rings. The highest BCUT2D eigenvalue weighted by Gasteiger charge is 2.12. The predicted octanol–water partition coefficient (Wildman–Crippen LogP) is 3.55. The molecule has 2 aromatic rings. The van der Waals surface area contributed by atoms with E-state index >= 15 is 0 Å². The Morgan fingerprint density at radius 2 is 1.70 bits per heavy atom. The number of Topliss-reactive ketones (excluding diaryl/α,β-unsaturated/α-hetero) is 1. The van der Waals surface area contributed by atoms with Crippen molar-refractivity contribution in [2.75, 3.05) is 19.0 Å². The van der Waals surface area contributed by atoms with Crippen molar-refractivity contribution < 1.29 is 19.1 Å². The molecule has 2 aromatic carbocycles. The zero-order valence-corrected chi connectivity index (χ0v) is 13.4. The van der Waals surface area contributed by atoms with Gasteiger partial charge in [0.1, 0.15) is 11.5 Å². The summed E-state index contributed by atoms with van der Waals surface area (Å²) in [5.74, 6) is 0.844. The quantitative estimate of drug-likeness (QED) is 0.828. The second-order valence-electron chi connectivity index (χ2n) is 4.88. The third kappa shape index (κ3) is 4.10. The van der Waals surface area contributed by atoms with E-state index in [1.165, 1.54) is 6.92 Å². The van der Waals surface area contributed by atoms with Crippen LogP contribution in [0, 0.1) is 0 Å². The van der Waals surface area contributed by atoms with Crippen LogP contribution in [0.3, 0.4) is 0 Å². The lowest BCUT2D eigenvalue weighted by atomic mass is 10.1. The Morgan fingerprint density at radius 1 is 1.04 bits per heavy atom. The Kier molecular flexibility index (Phi) is 5.36. The lowest BCUT2D eigenvalue weighted by Crippen LogP contribution is -2.13. The lowest BCUT2D eigenvalue weighted by molar-refractivity contribution is 0.101. The summed E-state index contributed by atoms with van der Waals surface area (Å²) < 4.78 is 10.6. The van der Waals surface area contributed by atoms with Crippen LogP contribution in [0.4, 0.5) is 5.69 Å². The first kappa shape index (κ1) is 16.5. The zero-order chi connectivity index (χ0) is 16.8. The van der Waals surface area contributed by atoms with E-state index in [1.807, 2.05) is 6.92 Å². The molecule has 5 heteroatoms. The Hall–Kier alpha value is -2.82. The third-order valence-corrected chi connectivity index (χ3v) is 3.29. The summed E-state index contributed by atoms with van der Waals surface area (Å²) in [6.45, 7) is 3.80. The molecule has 0 radical (unpaired) electrons. The number of anilines is 1. The summed E-state index contributed by atoms with van der Waals surface area (Å²) in [5, 5.41) is 2.79. The molecule has 23 heavy (non-hydrogen) atoms. The molecule has 0 saturated carbocycles. The van der Waals surface area contributed by atoms with Crippen molar-refractivity contribution in [1.82, 2.24) is 0 Å². The number of methoxy groups -OCH3 is 1. The average molecular weight is 313 g/mol. The summed E-state index contributed by atoms with van der Waals surface area (Å²) in [6, 6.07) is 11.7. The maximum absolute atomic E-state index is 12.4. The fraction of sp³-hybridized carbons (Fsp3) is 0.222. The van der Waals surface area contributed by atoms with Gasteiger partial charge in [-0.1, -0.05) is 0 Å². The monoisotopic (exact) mass is 313 g/mol. The second-order valence-corrected chi connectivity index (χ2v) is 4.88. The van der Waals surface area contributed by atoms with Crippen LogP contribution in [-0.4, -0.2) is 25.4 Å².